The largest absolute Gasteiger partial charge is 0.307 e. The maximum absolute atomic E-state index is 12.9. The zero-order chi connectivity index (χ0) is 20.7. The fourth-order valence-electron chi connectivity index (χ4n) is 4.84. The molecule has 3 aliphatic rings. The number of hydrogen-bond donors (Lipinski definition) is 1. The van der Waals surface area contributed by atoms with Crippen molar-refractivity contribution in [2.24, 2.45) is 0 Å². The smallest absolute Gasteiger partial charge is 0.218 e. The second-order valence-electron chi connectivity index (χ2n) is 8.40. The van der Waals surface area contributed by atoms with Gasteiger partial charge in [-0.2, -0.15) is 4.31 Å². The van der Waals surface area contributed by atoms with Crippen LogP contribution in [0.3, 0.4) is 0 Å². The maximum atomic E-state index is 12.9. The Labute approximate surface area is 178 Å². The Morgan fingerprint density at radius 1 is 0.867 bits per heavy atom. The summed E-state index contributed by atoms with van der Waals surface area (Å²) < 4.78 is 27.5. The van der Waals surface area contributed by atoms with E-state index in [1.807, 2.05) is 30.3 Å². The summed E-state index contributed by atoms with van der Waals surface area (Å²) in [5, 5.41) is 3.54. The van der Waals surface area contributed by atoms with Crippen LogP contribution in [0.4, 0.5) is 0 Å². The molecule has 1 N–H and O–H groups in total. The summed E-state index contributed by atoms with van der Waals surface area (Å²) in [4.78, 5) is 0. The molecule has 0 aliphatic carbocycles. The number of rotatable bonds is 5. The Morgan fingerprint density at radius 2 is 1.50 bits per heavy atom. The molecule has 0 aromatic heterocycles. The summed E-state index contributed by atoms with van der Waals surface area (Å²) in [6.45, 7) is 3.21. The molecule has 0 amide bonds. The van der Waals surface area contributed by atoms with Crippen LogP contribution in [0.15, 0.2) is 78.9 Å². The molecule has 3 aliphatic heterocycles. The highest BCUT2D eigenvalue weighted by Gasteiger charge is 2.49. The number of hydrogen-bond acceptors (Lipinski definition) is 3. The Balaban J connectivity index is 1.29. The number of benzene rings is 3. The van der Waals surface area contributed by atoms with Gasteiger partial charge in [-0.25, -0.2) is 8.42 Å². The standard InChI is InChI=1S/C25H26N2O2S/c1-18-7-5-6-10-22(18)20-11-13-21(14-12-20)25-23-15-27(16-24(25)26-23)30(28,29)17-19-8-3-2-4-9-19/h2-14,23-26H,15-17H2,1H3/t23-,24+,25?. The van der Waals surface area contributed by atoms with E-state index in [9.17, 15) is 8.42 Å². The Hall–Kier alpha value is -2.47. The van der Waals surface area contributed by atoms with Crippen LogP contribution in [-0.4, -0.2) is 37.9 Å². The first kappa shape index (κ1) is 19.5. The summed E-state index contributed by atoms with van der Waals surface area (Å²) >= 11 is 0. The lowest BCUT2D eigenvalue weighted by molar-refractivity contribution is 0.101. The van der Waals surface area contributed by atoms with Gasteiger partial charge in [0.1, 0.15) is 0 Å². The molecule has 5 heteroatoms. The lowest BCUT2D eigenvalue weighted by Crippen LogP contribution is -2.72. The van der Waals surface area contributed by atoms with Crippen molar-refractivity contribution in [3.63, 3.8) is 0 Å². The van der Waals surface area contributed by atoms with E-state index in [0.29, 0.717) is 19.0 Å². The number of fused-ring (bicyclic) bond motifs is 2. The van der Waals surface area contributed by atoms with Gasteiger partial charge in [-0.1, -0.05) is 78.9 Å². The van der Waals surface area contributed by atoms with Crippen molar-refractivity contribution < 1.29 is 8.42 Å². The van der Waals surface area contributed by atoms with E-state index < -0.39 is 10.0 Å². The highest BCUT2D eigenvalue weighted by atomic mass is 32.2. The molecule has 4 nitrogen and oxygen atoms in total. The van der Waals surface area contributed by atoms with Gasteiger partial charge in [-0.15, -0.1) is 0 Å². The van der Waals surface area contributed by atoms with Crippen LogP contribution >= 0.6 is 0 Å². The second kappa shape index (κ2) is 7.65. The van der Waals surface area contributed by atoms with Gasteiger partial charge in [0, 0.05) is 31.1 Å². The van der Waals surface area contributed by atoms with Crippen molar-refractivity contribution in [3.05, 3.63) is 95.6 Å². The number of piperazine rings is 1. The molecule has 3 fully saturated rings. The molecule has 1 unspecified atom stereocenters. The van der Waals surface area contributed by atoms with Gasteiger partial charge < -0.3 is 5.32 Å². The van der Waals surface area contributed by atoms with Crippen LogP contribution in [0.5, 0.6) is 0 Å². The monoisotopic (exact) mass is 418 g/mol. The average molecular weight is 419 g/mol. The molecule has 3 atom stereocenters. The molecule has 0 saturated carbocycles. The maximum Gasteiger partial charge on any atom is 0.218 e. The van der Waals surface area contributed by atoms with Gasteiger partial charge in [0.05, 0.1) is 5.75 Å². The quantitative estimate of drug-likeness (QED) is 0.683. The van der Waals surface area contributed by atoms with Gasteiger partial charge >= 0.3 is 0 Å². The molecule has 6 rings (SSSR count). The average Bonchev–Trinajstić information content (AvgIpc) is 2.75. The van der Waals surface area contributed by atoms with Crippen molar-refractivity contribution in [1.29, 1.82) is 0 Å². The normalized spacial score (nSPS) is 23.7. The summed E-state index contributed by atoms with van der Waals surface area (Å²) in [7, 11) is -3.30. The molecule has 3 saturated heterocycles. The minimum atomic E-state index is -3.30. The van der Waals surface area contributed by atoms with E-state index in [1.165, 1.54) is 22.3 Å². The number of piperidine rings is 1. The summed E-state index contributed by atoms with van der Waals surface area (Å²) in [6, 6.07) is 27.0. The zero-order valence-corrected chi connectivity index (χ0v) is 17.8. The topological polar surface area (TPSA) is 49.4 Å². The predicted octanol–water partition coefficient (Wildman–Crippen LogP) is 3.93. The lowest BCUT2D eigenvalue weighted by atomic mass is 9.75. The third-order valence-electron chi connectivity index (χ3n) is 6.43. The van der Waals surface area contributed by atoms with E-state index in [-0.39, 0.29) is 17.8 Å². The second-order valence-corrected chi connectivity index (χ2v) is 10.4. The molecule has 30 heavy (non-hydrogen) atoms. The molecule has 2 bridgehead atoms. The van der Waals surface area contributed by atoms with Crippen LogP contribution in [-0.2, 0) is 15.8 Å². The predicted molar refractivity (Wildman–Crippen MR) is 121 cm³/mol. The van der Waals surface area contributed by atoms with E-state index in [4.69, 9.17) is 0 Å². The Bertz CT molecular complexity index is 1130. The van der Waals surface area contributed by atoms with E-state index >= 15 is 0 Å². The number of nitrogens with one attached hydrogen (secondary N) is 1. The zero-order valence-electron chi connectivity index (χ0n) is 17.0. The SMILES string of the molecule is Cc1ccccc1-c1ccc(C2[C@@H]3CN(S(=O)(=O)Cc4ccccc4)C[C@H]2N3)cc1. The third-order valence-corrected chi connectivity index (χ3v) is 8.22. The van der Waals surface area contributed by atoms with Crippen LogP contribution < -0.4 is 5.32 Å². The number of aryl methyl sites for hydroxylation is 1. The van der Waals surface area contributed by atoms with Gasteiger partial charge in [-0.05, 0) is 34.7 Å². The van der Waals surface area contributed by atoms with Crippen LogP contribution in [0.25, 0.3) is 11.1 Å². The Morgan fingerprint density at radius 3 is 2.17 bits per heavy atom. The summed E-state index contributed by atoms with van der Waals surface area (Å²) in [5.74, 6) is 0.447. The third kappa shape index (κ3) is 3.58. The fraction of sp³-hybridized carbons (Fsp3) is 0.280. The molecule has 0 radical (unpaired) electrons. The summed E-state index contributed by atoms with van der Waals surface area (Å²) in [6.07, 6.45) is 0. The van der Waals surface area contributed by atoms with Crippen LogP contribution in [0.1, 0.15) is 22.6 Å². The first-order valence-corrected chi connectivity index (χ1v) is 12.1. The van der Waals surface area contributed by atoms with E-state index in [0.717, 1.165) is 5.56 Å². The van der Waals surface area contributed by atoms with E-state index in [1.54, 1.807) is 4.31 Å². The van der Waals surface area contributed by atoms with Gasteiger partial charge in [-0.3, -0.25) is 0 Å². The molecule has 3 heterocycles. The van der Waals surface area contributed by atoms with Gasteiger partial charge in [0.2, 0.25) is 10.0 Å². The fourth-order valence-corrected chi connectivity index (χ4v) is 6.41. The van der Waals surface area contributed by atoms with E-state index in [2.05, 4.69) is 60.8 Å². The molecule has 3 aromatic rings. The number of nitrogens with zero attached hydrogens (tertiary/aromatic N) is 1. The van der Waals surface area contributed by atoms with Crippen molar-refractivity contribution in [2.45, 2.75) is 30.7 Å². The van der Waals surface area contributed by atoms with Gasteiger partial charge in [0.25, 0.3) is 0 Å². The highest BCUT2D eigenvalue weighted by Crippen LogP contribution is 2.38. The van der Waals surface area contributed by atoms with Gasteiger partial charge in [0.15, 0.2) is 0 Å². The first-order valence-electron chi connectivity index (χ1n) is 10.4. The van der Waals surface area contributed by atoms with Crippen molar-refractivity contribution in [2.75, 3.05) is 13.1 Å². The molecule has 154 valence electrons. The number of sulfonamides is 1. The molecular formula is C25H26N2O2S. The Kier molecular flexibility index (Phi) is 4.97. The highest BCUT2D eigenvalue weighted by molar-refractivity contribution is 7.88. The minimum absolute atomic E-state index is 0.0725. The molecule has 0 spiro atoms. The van der Waals surface area contributed by atoms with Crippen molar-refractivity contribution in [1.82, 2.24) is 9.62 Å². The molecular weight excluding hydrogens is 392 g/mol. The van der Waals surface area contributed by atoms with Crippen molar-refractivity contribution in [3.8, 4) is 11.1 Å². The summed E-state index contributed by atoms with van der Waals surface area (Å²) in [5.41, 5.74) is 5.89. The first-order chi connectivity index (χ1) is 14.5. The van der Waals surface area contributed by atoms with Crippen LogP contribution in [0.2, 0.25) is 0 Å². The minimum Gasteiger partial charge on any atom is -0.307 e. The lowest BCUT2D eigenvalue weighted by Gasteiger charge is -2.54. The molecule has 3 aromatic carbocycles. The van der Waals surface area contributed by atoms with Crippen molar-refractivity contribution >= 4 is 10.0 Å². The van der Waals surface area contributed by atoms with Crippen LogP contribution in [0, 0.1) is 6.92 Å².